The van der Waals surface area contributed by atoms with Gasteiger partial charge in [-0.15, -0.1) is 5.10 Å². The summed E-state index contributed by atoms with van der Waals surface area (Å²) in [5, 5.41) is 10.4. The molecule has 1 amide bonds. The monoisotopic (exact) mass is 239 g/mol. The lowest BCUT2D eigenvalue weighted by Crippen LogP contribution is -2.35. The number of hydrogen-bond donors (Lipinski definition) is 2. The first-order valence-electron chi connectivity index (χ1n) is 5.96. The lowest BCUT2D eigenvalue weighted by molar-refractivity contribution is -0.121. The molecule has 96 valence electrons. The van der Waals surface area contributed by atoms with Crippen LogP contribution < -0.4 is 11.1 Å². The van der Waals surface area contributed by atoms with Crippen LogP contribution in [0.15, 0.2) is 12.4 Å². The van der Waals surface area contributed by atoms with Gasteiger partial charge in [-0.25, -0.2) is 0 Å². The number of carbonyl (C=O) groups is 1. The Balaban J connectivity index is 2.08. The molecule has 0 saturated heterocycles. The zero-order valence-electron chi connectivity index (χ0n) is 10.5. The fraction of sp³-hybridized carbons (Fsp3) is 0.727. The second kappa shape index (κ2) is 7.01. The van der Waals surface area contributed by atoms with E-state index in [4.69, 9.17) is 5.73 Å². The first kappa shape index (κ1) is 13.6. The van der Waals surface area contributed by atoms with E-state index in [1.54, 1.807) is 17.1 Å². The molecular formula is C11H21N5O. The summed E-state index contributed by atoms with van der Waals surface area (Å²) < 4.78 is 1.74. The van der Waals surface area contributed by atoms with Crippen LogP contribution in [-0.2, 0) is 11.3 Å². The minimum Gasteiger partial charge on any atom is -0.356 e. The Kier molecular flexibility index (Phi) is 5.62. The highest BCUT2D eigenvalue weighted by molar-refractivity contribution is 5.76. The Morgan fingerprint density at radius 1 is 1.53 bits per heavy atom. The molecule has 1 atom stereocenters. The number of nitrogens with two attached hydrogens (primary N) is 1. The Hall–Kier alpha value is -1.43. The Morgan fingerprint density at radius 2 is 2.29 bits per heavy atom. The van der Waals surface area contributed by atoms with E-state index in [9.17, 15) is 4.79 Å². The maximum atomic E-state index is 11.5. The molecule has 1 aromatic rings. The molecule has 0 fully saturated rings. The summed E-state index contributed by atoms with van der Waals surface area (Å²) in [7, 11) is 0. The molecule has 6 nitrogen and oxygen atoms in total. The first-order valence-corrected chi connectivity index (χ1v) is 5.96. The van der Waals surface area contributed by atoms with Crippen LogP contribution in [0.1, 0.15) is 26.7 Å². The zero-order chi connectivity index (χ0) is 12.7. The van der Waals surface area contributed by atoms with E-state index < -0.39 is 0 Å². The molecule has 3 N–H and O–H groups in total. The van der Waals surface area contributed by atoms with Gasteiger partial charge in [-0.05, 0) is 12.3 Å². The Morgan fingerprint density at radius 3 is 2.88 bits per heavy atom. The van der Waals surface area contributed by atoms with Gasteiger partial charge in [0.1, 0.15) is 0 Å². The maximum absolute atomic E-state index is 11.5. The van der Waals surface area contributed by atoms with Gasteiger partial charge in [0.2, 0.25) is 5.91 Å². The second-order valence-electron chi connectivity index (χ2n) is 4.48. The average Bonchev–Trinajstić information content (AvgIpc) is 2.77. The molecule has 0 spiro atoms. The van der Waals surface area contributed by atoms with Crippen LogP contribution in [0.4, 0.5) is 0 Å². The standard InChI is InChI=1S/C11H21N5O/c1-9(2)10(12)8-11(17)13-4-3-6-16-7-5-14-15-16/h5,7,9-10H,3-4,6,8,12H2,1-2H3,(H,13,17). The van der Waals surface area contributed by atoms with E-state index in [2.05, 4.69) is 15.6 Å². The summed E-state index contributed by atoms with van der Waals surface area (Å²) in [6.45, 7) is 5.44. The normalized spacial score (nSPS) is 12.7. The molecule has 1 aromatic heterocycles. The van der Waals surface area contributed by atoms with E-state index in [-0.39, 0.29) is 11.9 Å². The molecule has 0 aliphatic carbocycles. The largest absolute Gasteiger partial charge is 0.356 e. The van der Waals surface area contributed by atoms with Gasteiger partial charge in [-0.1, -0.05) is 19.1 Å². The molecule has 0 bridgehead atoms. The van der Waals surface area contributed by atoms with E-state index in [0.717, 1.165) is 13.0 Å². The van der Waals surface area contributed by atoms with Gasteiger partial charge in [-0.2, -0.15) is 0 Å². The number of rotatable bonds is 7. The van der Waals surface area contributed by atoms with Crippen molar-refractivity contribution in [2.75, 3.05) is 6.54 Å². The minimum atomic E-state index is -0.0645. The molecule has 1 unspecified atom stereocenters. The number of nitrogens with one attached hydrogen (secondary N) is 1. The molecule has 0 aliphatic rings. The highest BCUT2D eigenvalue weighted by atomic mass is 16.1. The Bertz CT molecular complexity index is 323. The van der Waals surface area contributed by atoms with Crippen molar-refractivity contribution in [3.8, 4) is 0 Å². The molecule has 0 aromatic carbocycles. The van der Waals surface area contributed by atoms with Crippen LogP contribution in [-0.4, -0.2) is 33.5 Å². The number of aromatic nitrogens is 3. The van der Waals surface area contributed by atoms with Crippen molar-refractivity contribution in [2.24, 2.45) is 11.7 Å². The van der Waals surface area contributed by atoms with E-state index >= 15 is 0 Å². The van der Waals surface area contributed by atoms with Gasteiger partial charge in [0, 0.05) is 31.7 Å². The third-order valence-electron chi connectivity index (χ3n) is 2.64. The summed E-state index contributed by atoms with van der Waals surface area (Å²) in [4.78, 5) is 11.5. The quantitative estimate of drug-likeness (QED) is 0.664. The van der Waals surface area contributed by atoms with E-state index in [1.807, 2.05) is 13.8 Å². The molecule has 1 rings (SSSR count). The SMILES string of the molecule is CC(C)C(N)CC(=O)NCCCn1ccnn1. The lowest BCUT2D eigenvalue weighted by atomic mass is 10.0. The number of hydrogen-bond acceptors (Lipinski definition) is 4. The molecule has 17 heavy (non-hydrogen) atoms. The highest BCUT2D eigenvalue weighted by Crippen LogP contribution is 2.02. The van der Waals surface area contributed by atoms with Crippen molar-refractivity contribution in [3.05, 3.63) is 12.4 Å². The van der Waals surface area contributed by atoms with Gasteiger partial charge >= 0.3 is 0 Å². The second-order valence-corrected chi connectivity index (χ2v) is 4.48. The van der Waals surface area contributed by atoms with Gasteiger partial charge in [-0.3, -0.25) is 9.48 Å². The summed E-state index contributed by atoms with van der Waals surface area (Å²) >= 11 is 0. The van der Waals surface area contributed by atoms with Crippen molar-refractivity contribution >= 4 is 5.91 Å². The van der Waals surface area contributed by atoms with Crippen LogP contribution in [0.2, 0.25) is 0 Å². The predicted molar refractivity (Wildman–Crippen MR) is 65.1 cm³/mol. The zero-order valence-corrected chi connectivity index (χ0v) is 10.5. The third-order valence-corrected chi connectivity index (χ3v) is 2.64. The molecule has 1 heterocycles. The Labute approximate surface area is 102 Å². The molecular weight excluding hydrogens is 218 g/mol. The molecule has 0 saturated carbocycles. The minimum absolute atomic E-state index is 0.0183. The smallest absolute Gasteiger partial charge is 0.221 e. The molecule has 0 radical (unpaired) electrons. The molecule has 0 aliphatic heterocycles. The van der Waals surface area contributed by atoms with Crippen LogP contribution in [0, 0.1) is 5.92 Å². The van der Waals surface area contributed by atoms with Crippen LogP contribution in [0.3, 0.4) is 0 Å². The third kappa shape index (κ3) is 5.44. The topological polar surface area (TPSA) is 85.8 Å². The van der Waals surface area contributed by atoms with Crippen LogP contribution in [0.25, 0.3) is 0 Å². The number of carbonyl (C=O) groups excluding carboxylic acids is 1. The summed E-state index contributed by atoms with van der Waals surface area (Å²) in [5.74, 6) is 0.348. The first-order chi connectivity index (χ1) is 8.09. The van der Waals surface area contributed by atoms with Crippen molar-refractivity contribution in [2.45, 2.75) is 39.3 Å². The summed E-state index contributed by atoms with van der Waals surface area (Å²) in [5.41, 5.74) is 5.82. The fourth-order valence-electron chi connectivity index (χ4n) is 1.34. The van der Waals surface area contributed by atoms with E-state index in [1.165, 1.54) is 0 Å². The van der Waals surface area contributed by atoms with Crippen LogP contribution >= 0.6 is 0 Å². The van der Waals surface area contributed by atoms with Gasteiger partial charge < -0.3 is 11.1 Å². The number of amides is 1. The number of aryl methyl sites for hydroxylation is 1. The van der Waals surface area contributed by atoms with Crippen molar-refractivity contribution in [1.29, 1.82) is 0 Å². The average molecular weight is 239 g/mol. The summed E-state index contributed by atoms with van der Waals surface area (Å²) in [6.07, 6.45) is 4.67. The van der Waals surface area contributed by atoms with Crippen molar-refractivity contribution in [1.82, 2.24) is 20.3 Å². The van der Waals surface area contributed by atoms with Gasteiger partial charge in [0.15, 0.2) is 0 Å². The summed E-state index contributed by atoms with van der Waals surface area (Å²) in [6, 6.07) is -0.0645. The van der Waals surface area contributed by atoms with Crippen LogP contribution in [0.5, 0.6) is 0 Å². The highest BCUT2D eigenvalue weighted by Gasteiger charge is 2.12. The molecule has 6 heteroatoms. The lowest BCUT2D eigenvalue weighted by Gasteiger charge is -2.14. The van der Waals surface area contributed by atoms with E-state index in [0.29, 0.717) is 18.9 Å². The number of nitrogens with zero attached hydrogens (tertiary/aromatic N) is 3. The fourth-order valence-corrected chi connectivity index (χ4v) is 1.34. The van der Waals surface area contributed by atoms with Gasteiger partial charge in [0.25, 0.3) is 0 Å². The van der Waals surface area contributed by atoms with Crippen molar-refractivity contribution in [3.63, 3.8) is 0 Å². The maximum Gasteiger partial charge on any atom is 0.221 e. The van der Waals surface area contributed by atoms with Gasteiger partial charge in [0.05, 0.1) is 6.20 Å². The predicted octanol–water partition coefficient (Wildman–Crippen LogP) is 0.158. The van der Waals surface area contributed by atoms with Crippen molar-refractivity contribution < 1.29 is 4.79 Å².